The number of halogens is 1. The molecule has 140 valence electrons. The molecule has 3 aromatic rings. The lowest BCUT2D eigenvalue weighted by Crippen LogP contribution is -2.41. The summed E-state index contributed by atoms with van der Waals surface area (Å²) < 4.78 is 24.7. The lowest BCUT2D eigenvalue weighted by atomic mass is 9.98. The number of carbonyl (C=O) groups is 1. The Bertz CT molecular complexity index is 913. The molecule has 4 rings (SSSR count). The van der Waals surface area contributed by atoms with Crippen LogP contribution in [-0.4, -0.2) is 40.7 Å². The van der Waals surface area contributed by atoms with Gasteiger partial charge in [-0.2, -0.15) is 11.3 Å². The molecular formula is C19H18FN3O3S. The Labute approximate surface area is 159 Å². The van der Waals surface area contributed by atoms with E-state index in [-0.39, 0.29) is 24.2 Å². The molecule has 2 aromatic heterocycles. The second-order valence-electron chi connectivity index (χ2n) is 6.36. The molecule has 1 aliphatic heterocycles. The summed E-state index contributed by atoms with van der Waals surface area (Å²) in [4.78, 5) is 14.2. The van der Waals surface area contributed by atoms with Crippen LogP contribution in [0.5, 0.6) is 5.75 Å². The van der Waals surface area contributed by atoms with Gasteiger partial charge in [-0.15, -0.1) is 10.2 Å². The van der Waals surface area contributed by atoms with Crippen LogP contribution in [0, 0.1) is 5.82 Å². The minimum Gasteiger partial charge on any atom is -0.481 e. The van der Waals surface area contributed by atoms with Crippen molar-refractivity contribution < 1.29 is 18.3 Å². The summed E-state index contributed by atoms with van der Waals surface area (Å²) in [6.07, 6.45) is 1.72. The van der Waals surface area contributed by atoms with Gasteiger partial charge in [0, 0.05) is 24.0 Å². The molecule has 0 N–H and O–H groups in total. The Kier molecular flexibility index (Phi) is 5.15. The zero-order valence-electron chi connectivity index (χ0n) is 14.5. The van der Waals surface area contributed by atoms with Crippen LogP contribution in [0.25, 0.3) is 11.5 Å². The van der Waals surface area contributed by atoms with E-state index in [1.807, 2.05) is 16.8 Å². The maximum atomic E-state index is 13.6. The van der Waals surface area contributed by atoms with E-state index < -0.39 is 5.82 Å². The first-order valence-corrected chi connectivity index (χ1v) is 9.66. The van der Waals surface area contributed by atoms with E-state index in [2.05, 4.69) is 10.2 Å². The molecule has 27 heavy (non-hydrogen) atoms. The minimum absolute atomic E-state index is 0.00366. The van der Waals surface area contributed by atoms with Gasteiger partial charge in [0.1, 0.15) is 0 Å². The molecule has 0 radical (unpaired) electrons. The highest BCUT2D eigenvalue weighted by Gasteiger charge is 2.29. The van der Waals surface area contributed by atoms with Crippen LogP contribution in [0.2, 0.25) is 0 Å². The van der Waals surface area contributed by atoms with Crippen molar-refractivity contribution in [2.24, 2.45) is 0 Å². The number of carbonyl (C=O) groups excluding carboxylic acids is 1. The van der Waals surface area contributed by atoms with Crippen molar-refractivity contribution >= 4 is 17.2 Å². The van der Waals surface area contributed by atoms with Crippen molar-refractivity contribution in [2.45, 2.75) is 18.8 Å². The zero-order chi connectivity index (χ0) is 18.6. The van der Waals surface area contributed by atoms with Crippen LogP contribution in [-0.2, 0) is 4.79 Å². The Hall–Kier alpha value is -2.74. The third-order valence-electron chi connectivity index (χ3n) is 4.52. The monoisotopic (exact) mass is 387 g/mol. The molecule has 0 unspecified atom stereocenters. The Morgan fingerprint density at radius 2 is 2.22 bits per heavy atom. The third-order valence-corrected chi connectivity index (χ3v) is 5.20. The summed E-state index contributed by atoms with van der Waals surface area (Å²) >= 11 is 1.57. The number of rotatable bonds is 5. The van der Waals surface area contributed by atoms with E-state index in [9.17, 15) is 9.18 Å². The van der Waals surface area contributed by atoms with Crippen molar-refractivity contribution in [1.82, 2.24) is 15.1 Å². The first-order valence-electron chi connectivity index (χ1n) is 8.72. The second-order valence-corrected chi connectivity index (χ2v) is 7.14. The quantitative estimate of drug-likeness (QED) is 0.667. The molecule has 0 spiro atoms. The molecule has 1 saturated heterocycles. The highest BCUT2D eigenvalue weighted by Crippen LogP contribution is 2.29. The molecule has 0 bridgehead atoms. The summed E-state index contributed by atoms with van der Waals surface area (Å²) in [5.41, 5.74) is 0.903. The number of nitrogens with zero attached hydrogens (tertiary/aromatic N) is 3. The van der Waals surface area contributed by atoms with E-state index in [1.165, 1.54) is 12.1 Å². The first kappa shape index (κ1) is 17.7. The van der Waals surface area contributed by atoms with Gasteiger partial charge < -0.3 is 14.1 Å². The molecule has 1 fully saturated rings. The van der Waals surface area contributed by atoms with E-state index in [0.29, 0.717) is 24.9 Å². The molecule has 1 atom stereocenters. The molecule has 1 aliphatic rings. The predicted molar refractivity (Wildman–Crippen MR) is 98.1 cm³/mol. The third kappa shape index (κ3) is 4.00. The van der Waals surface area contributed by atoms with Gasteiger partial charge in [-0.3, -0.25) is 4.79 Å². The molecule has 0 aliphatic carbocycles. The van der Waals surface area contributed by atoms with Crippen LogP contribution < -0.4 is 4.74 Å². The highest BCUT2D eigenvalue weighted by atomic mass is 32.1. The summed E-state index contributed by atoms with van der Waals surface area (Å²) in [7, 11) is 0. The topological polar surface area (TPSA) is 68.5 Å². The number of piperidine rings is 1. The standard InChI is InChI=1S/C19H18FN3O3S/c20-15-5-1-2-6-16(15)25-11-17(24)23-8-3-4-13(10-23)18-21-22-19(26-18)14-7-9-27-12-14/h1-2,5-7,9,12-13H,3-4,8,10-11H2/t13-/m0/s1. The average molecular weight is 387 g/mol. The van der Waals surface area contributed by atoms with Gasteiger partial charge in [-0.25, -0.2) is 4.39 Å². The molecule has 6 nitrogen and oxygen atoms in total. The summed E-state index contributed by atoms with van der Waals surface area (Å²) in [6.45, 7) is 0.934. The molecule has 1 amide bonds. The van der Waals surface area contributed by atoms with Crippen LogP contribution in [0.4, 0.5) is 4.39 Å². The molecule has 3 heterocycles. The van der Waals surface area contributed by atoms with Crippen molar-refractivity contribution in [3.63, 3.8) is 0 Å². The highest BCUT2D eigenvalue weighted by molar-refractivity contribution is 7.08. The Morgan fingerprint density at radius 3 is 3.04 bits per heavy atom. The number of benzene rings is 1. The van der Waals surface area contributed by atoms with E-state index in [4.69, 9.17) is 9.15 Å². The Balaban J connectivity index is 1.38. The summed E-state index contributed by atoms with van der Waals surface area (Å²) in [5, 5.41) is 12.2. The van der Waals surface area contributed by atoms with Gasteiger partial charge in [-0.1, -0.05) is 12.1 Å². The van der Waals surface area contributed by atoms with Crippen molar-refractivity contribution in [3.05, 3.63) is 52.8 Å². The molecule has 0 saturated carbocycles. The van der Waals surface area contributed by atoms with E-state index in [1.54, 1.807) is 28.4 Å². The SMILES string of the molecule is O=C(COc1ccccc1F)N1CCC[C@H](c2nnc(-c3ccsc3)o2)C1. The maximum absolute atomic E-state index is 13.6. The lowest BCUT2D eigenvalue weighted by Gasteiger charge is -2.31. The fourth-order valence-corrected chi connectivity index (χ4v) is 3.73. The van der Waals surface area contributed by atoms with Gasteiger partial charge in [-0.05, 0) is 36.4 Å². The van der Waals surface area contributed by atoms with E-state index >= 15 is 0 Å². The fourth-order valence-electron chi connectivity index (χ4n) is 3.10. The number of likely N-dealkylation sites (tertiary alicyclic amines) is 1. The number of hydrogen-bond acceptors (Lipinski definition) is 6. The zero-order valence-corrected chi connectivity index (χ0v) is 15.3. The van der Waals surface area contributed by atoms with Gasteiger partial charge in [0.05, 0.1) is 5.92 Å². The Morgan fingerprint density at radius 1 is 1.33 bits per heavy atom. The van der Waals surface area contributed by atoms with Gasteiger partial charge in [0.15, 0.2) is 18.2 Å². The number of para-hydroxylation sites is 1. The van der Waals surface area contributed by atoms with Gasteiger partial charge in [0.2, 0.25) is 11.8 Å². The molecular weight excluding hydrogens is 369 g/mol. The number of ether oxygens (including phenoxy) is 1. The van der Waals surface area contributed by atoms with Gasteiger partial charge >= 0.3 is 0 Å². The van der Waals surface area contributed by atoms with Crippen LogP contribution in [0.3, 0.4) is 0 Å². The smallest absolute Gasteiger partial charge is 0.260 e. The van der Waals surface area contributed by atoms with Crippen LogP contribution in [0.1, 0.15) is 24.7 Å². The maximum Gasteiger partial charge on any atom is 0.260 e. The molecule has 8 heteroatoms. The number of aromatic nitrogens is 2. The first-order chi connectivity index (χ1) is 13.2. The van der Waals surface area contributed by atoms with Crippen molar-refractivity contribution in [2.75, 3.05) is 19.7 Å². The summed E-state index contributed by atoms with van der Waals surface area (Å²) in [5.74, 6) is 0.461. The average Bonchev–Trinajstić information content (AvgIpc) is 3.39. The fraction of sp³-hybridized carbons (Fsp3) is 0.316. The predicted octanol–water partition coefficient (Wildman–Crippen LogP) is 3.72. The van der Waals surface area contributed by atoms with Crippen LogP contribution in [0.15, 0.2) is 45.5 Å². The van der Waals surface area contributed by atoms with Crippen LogP contribution >= 0.6 is 11.3 Å². The van der Waals surface area contributed by atoms with E-state index in [0.717, 1.165) is 18.4 Å². The number of amides is 1. The normalized spacial score (nSPS) is 17.1. The van der Waals surface area contributed by atoms with Crippen molar-refractivity contribution in [3.8, 4) is 17.2 Å². The van der Waals surface area contributed by atoms with Gasteiger partial charge in [0.25, 0.3) is 5.91 Å². The number of thiophene rings is 1. The molecule has 1 aromatic carbocycles. The second kappa shape index (κ2) is 7.87. The number of hydrogen-bond donors (Lipinski definition) is 0. The van der Waals surface area contributed by atoms with Crippen molar-refractivity contribution in [1.29, 1.82) is 0 Å². The largest absolute Gasteiger partial charge is 0.481 e. The minimum atomic E-state index is -0.478. The lowest BCUT2D eigenvalue weighted by molar-refractivity contribution is -0.134. The summed E-state index contributed by atoms with van der Waals surface area (Å²) in [6, 6.07) is 7.98.